The van der Waals surface area contributed by atoms with E-state index in [2.05, 4.69) is 21.2 Å². The summed E-state index contributed by atoms with van der Waals surface area (Å²) in [4.78, 5) is 23.6. The second-order valence-electron chi connectivity index (χ2n) is 4.14. The fourth-order valence-corrected chi connectivity index (χ4v) is 3.07. The molecule has 0 saturated carbocycles. The Hall–Kier alpha value is -1.66. The average Bonchev–Trinajstić information content (AvgIpc) is 2.85. The highest BCUT2D eigenvalue weighted by atomic mass is 79.9. The molecular weight excluding hydrogens is 342 g/mol. The van der Waals surface area contributed by atoms with E-state index in [1.54, 1.807) is 24.3 Å². The number of amides is 1. The zero-order chi connectivity index (χ0) is 14.5. The standard InChI is InChI=1S/C14H12BrNO3S/c15-12-7-6-11(20-12)14(19)16-10(8-13(17)18)9-4-2-1-3-5-9/h1-7,10H,8H2,(H,16,19)(H,17,18). The summed E-state index contributed by atoms with van der Waals surface area (Å²) in [5.41, 5.74) is 0.777. The minimum absolute atomic E-state index is 0.150. The third-order valence-corrected chi connectivity index (χ3v) is 4.31. The molecular formula is C14H12BrNO3S. The Morgan fingerprint density at radius 1 is 1.20 bits per heavy atom. The highest BCUT2D eigenvalue weighted by Crippen LogP contribution is 2.23. The van der Waals surface area contributed by atoms with E-state index in [-0.39, 0.29) is 12.3 Å². The third kappa shape index (κ3) is 3.91. The van der Waals surface area contributed by atoms with Gasteiger partial charge in [0.15, 0.2) is 0 Å². The Bertz CT molecular complexity index is 612. The van der Waals surface area contributed by atoms with Gasteiger partial charge >= 0.3 is 5.97 Å². The number of hydrogen-bond donors (Lipinski definition) is 2. The van der Waals surface area contributed by atoms with Crippen molar-refractivity contribution in [3.63, 3.8) is 0 Å². The lowest BCUT2D eigenvalue weighted by atomic mass is 10.0. The largest absolute Gasteiger partial charge is 0.481 e. The van der Waals surface area contributed by atoms with Crippen molar-refractivity contribution in [3.05, 3.63) is 56.7 Å². The zero-order valence-electron chi connectivity index (χ0n) is 10.4. The quantitative estimate of drug-likeness (QED) is 0.864. The summed E-state index contributed by atoms with van der Waals surface area (Å²) in [7, 11) is 0. The van der Waals surface area contributed by atoms with Crippen LogP contribution in [0.5, 0.6) is 0 Å². The van der Waals surface area contributed by atoms with Crippen LogP contribution in [0.4, 0.5) is 0 Å². The Kier molecular flexibility index (Phi) is 4.92. The maximum atomic E-state index is 12.1. The molecule has 0 aliphatic carbocycles. The minimum Gasteiger partial charge on any atom is -0.481 e. The van der Waals surface area contributed by atoms with E-state index < -0.39 is 12.0 Å². The van der Waals surface area contributed by atoms with Crippen molar-refractivity contribution >= 4 is 39.1 Å². The molecule has 0 spiro atoms. The average molecular weight is 354 g/mol. The fraction of sp³-hybridized carbons (Fsp3) is 0.143. The molecule has 0 bridgehead atoms. The van der Waals surface area contributed by atoms with Crippen LogP contribution in [0.2, 0.25) is 0 Å². The number of carbonyl (C=O) groups excluding carboxylic acids is 1. The number of halogens is 1. The molecule has 0 saturated heterocycles. The number of carbonyl (C=O) groups is 2. The summed E-state index contributed by atoms with van der Waals surface area (Å²) in [5.74, 6) is -1.22. The molecule has 0 aliphatic rings. The van der Waals surface area contributed by atoms with Crippen LogP contribution in [0.1, 0.15) is 27.7 Å². The van der Waals surface area contributed by atoms with E-state index in [1.165, 1.54) is 11.3 Å². The second-order valence-corrected chi connectivity index (χ2v) is 6.60. The van der Waals surface area contributed by atoms with Crippen molar-refractivity contribution in [2.24, 2.45) is 0 Å². The van der Waals surface area contributed by atoms with E-state index in [0.717, 1.165) is 9.35 Å². The van der Waals surface area contributed by atoms with Gasteiger partial charge < -0.3 is 10.4 Å². The topological polar surface area (TPSA) is 66.4 Å². The van der Waals surface area contributed by atoms with Crippen LogP contribution >= 0.6 is 27.3 Å². The third-order valence-electron chi connectivity index (χ3n) is 2.68. The number of thiophene rings is 1. The summed E-state index contributed by atoms with van der Waals surface area (Å²) in [6, 6.07) is 12.0. The van der Waals surface area contributed by atoms with Gasteiger partial charge in [0.25, 0.3) is 5.91 Å². The molecule has 0 fully saturated rings. The van der Waals surface area contributed by atoms with E-state index >= 15 is 0 Å². The summed E-state index contributed by atoms with van der Waals surface area (Å²) in [5, 5.41) is 11.7. The lowest BCUT2D eigenvalue weighted by molar-refractivity contribution is -0.137. The maximum Gasteiger partial charge on any atom is 0.305 e. The van der Waals surface area contributed by atoms with Crippen molar-refractivity contribution in [1.29, 1.82) is 0 Å². The predicted octanol–water partition coefficient (Wildman–Crippen LogP) is 3.46. The highest BCUT2D eigenvalue weighted by molar-refractivity contribution is 9.11. The van der Waals surface area contributed by atoms with Gasteiger partial charge in [0.1, 0.15) is 0 Å². The molecule has 1 aromatic heterocycles. The number of nitrogens with one attached hydrogen (secondary N) is 1. The Balaban J connectivity index is 2.16. The van der Waals surface area contributed by atoms with Gasteiger partial charge in [-0.25, -0.2) is 0 Å². The SMILES string of the molecule is O=C(O)CC(NC(=O)c1ccc(Br)s1)c1ccccc1. The Morgan fingerprint density at radius 2 is 1.90 bits per heavy atom. The molecule has 104 valence electrons. The van der Waals surface area contributed by atoms with E-state index in [1.807, 2.05) is 18.2 Å². The molecule has 6 heteroatoms. The predicted molar refractivity (Wildman–Crippen MR) is 80.9 cm³/mol. The number of aliphatic carboxylic acids is 1. The molecule has 1 heterocycles. The van der Waals surface area contributed by atoms with Gasteiger partial charge in [0.05, 0.1) is 21.1 Å². The van der Waals surface area contributed by atoms with E-state index in [4.69, 9.17) is 5.11 Å². The summed E-state index contributed by atoms with van der Waals surface area (Å²) < 4.78 is 0.858. The highest BCUT2D eigenvalue weighted by Gasteiger charge is 2.19. The smallest absolute Gasteiger partial charge is 0.305 e. The number of rotatable bonds is 5. The maximum absolute atomic E-state index is 12.1. The fourth-order valence-electron chi connectivity index (χ4n) is 1.78. The molecule has 0 aliphatic heterocycles. The molecule has 1 aromatic carbocycles. The summed E-state index contributed by atoms with van der Waals surface area (Å²) in [6.45, 7) is 0. The van der Waals surface area contributed by atoms with Gasteiger partial charge in [0, 0.05) is 0 Å². The monoisotopic (exact) mass is 353 g/mol. The van der Waals surface area contributed by atoms with Crippen molar-refractivity contribution < 1.29 is 14.7 Å². The normalized spacial score (nSPS) is 11.8. The minimum atomic E-state index is -0.952. The molecule has 1 unspecified atom stereocenters. The first-order chi connectivity index (χ1) is 9.56. The molecule has 1 atom stereocenters. The summed E-state index contributed by atoms with van der Waals surface area (Å²) in [6.07, 6.45) is -0.150. The van der Waals surface area contributed by atoms with Crippen molar-refractivity contribution in [1.82, 2.24) is 5.32 Å². The molecule has 4 nitrogen and oxygen atoms in total. The lowest BCUT2D eigenvalue weighted by Crippen LogP contribution is -2.29. The Labute approximate surface area is 128 Å². The van der Waals surface area contributed by atoms with Gasteiger partial charge in [-0.15, -0.1) is 11.3 Å². The molecule has 1 amide bonds. The van der Waals surface area contributed by atoms with Crippen LogP contribution in [-0.2, 0) is 4.79 Å². The van der Waals surface area contributed by atoms with Crippen LogP contribution in [0.3, 0.4) is 0 Å². The van der Waals surface area contributed by atoms with Gasteiger partial charge in [-0.2, -0.15) is 0 Å². The van der Waals surface area contributed by atoms with Gasteiger partial charge in [-0.1, -0.05) is 30.3 Å². The number of hydrogen-bond acceptors (Lipinski definition) is 3. The van der Waals surface area contributed by atoms with Crippen LogP contribution in [-0.4, -0.2) is 17.0 Å². The first-order valence-electron chi connectivity index (χ1n) is 5.89. The molecule has 2 rings (SSSR count). The van der Waals surface area contributed by atoms with Crippen LogP contribution in [0.15, 0.2) is 46.3 Å². The first-order valence-corrected chi connectivity index (χ1v) is 7.50. The van der Waals surface area contributed by atoms with Gasteiger partial charge in [-0.05, 0) is 33.6 Å². The number of carboxylic acids is 1. The molecule has 0 radical (unpaired) electrons. The van der Waals surface area contributed by atoms with Crippen molar-refractivity contribution in [2.45, 2.75) is 12.5 Å². The van der Waals surface area contributed by atoms with Gasteiger partial charge in [-0.3, -0.25) is 9.59 Å². The van der Waals surface area contributed by atoms with E-state index in [9.17, 15) is 9.59 Å². The summed E-state index contributed by atoms with van der Waals surface area (Å²) >= 11 is 4.61. The number of benzene rings is 1. The molecule has 20 heavy (non-hydrogen) atoms. The first kappa shape index (κ1) is 14.7. The van der Waals surface area contributed by atoms with Crippen LogP contribution < -0.4 is 5.32 Å². The van der Waals surface area contributed by atoms with E-state index in [0.29, 0.717) is 4.88 Å². The Morgan fingerprint density at radius 3 is 2.45 bits per heavy atom. The van der Waals surface area contributed by atoms with Crippen LogP contribution in [0, 0.1) is 0 Å². The number of carboxylic acid groups (broad SMARTS) is 1. The lowest BCUT2D eigenvalue weighted by Gasteiger charge is -2.16. The molecule has 2 N–H and O–H groups in total. The second kappa shape index (κ2) is 6.67. The molecule has 2 aromatic rings. The zero-order valence-corrected chi connectivity index (χ0v) is 12.8. The van der Waals surface area contributed by atoms with Gasteiger partial charge in [0.2, 0.25) is 0 Å². The van der Waals surface area contributed by atoms with Crippen LogP contribution in [0.25, 0.3) is 0 Å². The van der Waals surface area contributed by atoms with Crippen molar-refractivity contribution in [3.8, 4) is 0 Å². The van der Waals surface area contributed by atoms with Crippen molar-refractivity contribution in [2.75, 3.05) is 0 Å².